The predicted octanol–water partition coefficient (Wildman–Crippen LogP) is 3.08. The number of rotatable bonds is 3. The van der Waals surface area contributed by atoms with Gasteiger partial charge in [-0.1, -0.05) is 30.3 Å². The molecule has 0 N–H and O–H groups in total. The van der Waals surface area contributed by atoms with Crippen LogP contribution in [0.1, 0.15) is 41.6 Å². The zero-order valence-electron chi connectivity index (χ0n) is 14.2. The summed E-state index contributed by atoms with van der Waals surface area (Å²) in [6.07, 6.45) is 6.21. The van der Waals surface area contributed by atoms with Crippen molar-refractivity contribution in [2.45, 2.75) is 37.8 Å². The maximum Gasteiger partial charge on any atom is 0.257 e. The van der Waals surface area contributed by atoms with E-state index in [1.165, 1.54) is 12.5 Å². The van der Waals surface area contributed by atoms with Crippen LogP contribution in [0.4, 0.5) is 0 Å². The Labute approximate surface area is 147 Å². The van der Waals surface area contributed by atoms with E-state index in [9.17, 15) is 9.59 Å². The van der Waals surface area contributed by atoms with Gasteiger partial charge in [-0.05, 0) is 30.9 Å². The minimum atomic E-state index is -0.0971. The number of amides is 2. The van der Waals surface area contributed by atoms with E-state index in [4.69, 9.17) is 4.42 Å². The first-order valence-electron chi connectivity index (χ1n) is 8.84. The zero-order valence-corrected chi connectivity index (χ0v) is 14.2. The van der Waals surface area contributed by atoms with Crippen LogP contribution in [0.15, 0.2) is 53.3 Å². The van der Waals surface area contributed by atoms with Crippen LogP contribution in [0.3, 0.4) is 0 Å². The van der Waals surface area contributed by atoms with Gasteiger partial charge in [-0.25, -0.2) is 0 Å². The average molecular weight is 338 g/mol. The molecule has 2 saturated heterocycles. The van der Waals surface area contributed by atoms with E-state index in [1.54, 1.807) is 6.07 Å². The SMILES string of the molecule is O=C(c1ccoc1)N1CCC2(CCC(=O)N2Cc2ccccc2)CC1. The highest BCUT2D eigenvalue weighted by Crippen LogP contribution is 2.40. The highest BCUT2D eigenvalue weighted by atomic mass is 16.3. The fraction of sp³-hybridized carbons (Fsp3) is 0.400. The molecule has 2 aliphatic rings. The van der Waals surface area contributed by atoms with Crippen molar-refractivity contribution in [3.8, 4) is 0 Å². The van der Waals surface area contributed by atoms with Gasteiger partial charge in [-0.3, -0.25) is 9.59 Å². The third kappa shape index (κ3) is 2.95. The Morgan fingerprint density at radius 3 is 2.52 bits per heavy atom. The quantitative estimate of drug-likeness (QED) is 0.864. The lowest BCUT2D eigenvalue weighted by Crippen LogP contribution is -2.53. The molecule has 4 rings (SSSR count). The van der Waals surface area contributed by atoms with Gasteiger partial charge in [0.05, 0.1) is 11.8 Å². The standard InChI is InChI=1S/C20H22N2O3/c23-18-6-8-20(22(18)14-16-4-2-1-3-5-16)9-11-21(12-10-20)19(24)17-7-13-25-15-17/h1-5,7,13,15H,6,8-12,14H2. The van der Waals surface area contributed by atoms with Crippen LogP contribution >= 0.6 is 0 Å². The summed E-state index contributed by atoms with van der Waals surface area (Å²) < 4.78 is 5.02. The van der Waals surface area contributed by atoms with Crippen molar-refractivity contribution in [2.24, 2.45) is 0 Å². The van der Waals surface area contributed by atoms with Crippen LogP contribution < -0.4 is 0 Å². The molecule has 0 unspecified atom stereocenters. The molecule has 5 heteroatoms. The molecule has 2 fully saturated rings. The van der Waals surface area contributed by atoms with Gasteiger partial charge in [-0.15, -0.1) is 0 Å². The number of likely N-dealkylation sites (tertiary alicyclic amines) is 2. The lowest BCUT2D eigenvalue weighted by Gasteiger charge is -2.45. The first-order valence-corrected chi connectivity index (χ1v) is 8.84. The Hall–Kier alpha value is -2.56. The van der Waals surface area contributed by atoms with Gasteiger partial charge in [0.1, 0.15) is 6.26 Å². The van der Waals surface area contributed by atoms with E-state index in [1.807, 2.05) is 23.1 Å². The number of benzene rings is 1. The number of carbonyl (C=O) groups is 2. The molecule has 2 aliphatic heterocycles. The number of carbonyl (C=O) groups excluding carboxylic acids is 2. The number of hydrogen-bond donors (Lipinski definition) is 0. The molecule has 0 aliphatic carbocycles. The molecule has 1 spiro atoms. The minimum Gasteiger partial charge on any atom is -0.472 e. The van der Waals surface area contributed by atoms with Gasteiger partial charge >= 0.3 is 0 Å². The van der Waals surface area contributed by atoms with Gasteiger partial charge in [0, 0.05) is 31.6 Å². The third-order valence-electron chi connectivity index (χ3n) is 5.61. The Morgan fingerprint density at radius 1 is 1.08 bits per heavy atom. The molecule has 0 saturated carbocycles. The smallest absolute Gasteiger partial charge is 0.257 e. The van der Waals surface area contributed by atoms with Crippen molar-refractivity contribution in [1.82, 2.24) is 9.80 Å². The van der Waals surface area contributed by atoms with Gasteiger partial charge in [-0.2, -0.15) is 0 Å². The summed E-state index contributed by atoms with van der Waals surface area (Å²) in [6, 6.07) is 11.8. The van der Waals surface area contributed by atoms with E-state index in [0.29, 0.717) is 31.6 Å². The fourth-order valence-corrected chi connectivity index (χ4v) is 4.11. The molecule has 3 heterocycles. The molecule has 1 aromatic heterocycles. The summed E-state index contributed by atoms with van der Waals surface area (Å²) in [6.45, 7) is 2.03. The monoisotopic (exact) mass is 338 g/mol. The second-order valence-electron chi connectivity index (χ2n) is 6.99. The Bertz CT molecular complexity index is 747. The van der Waals surface area contributed by atoms with E-state index in [-0.39, 0.29) is 17.4 Å². The lowest BCUT2D eigenvalue weighted by atomic mass is 9.84. The molecule has 2 amide bonds. The van der Waals surface area contributed by atoms with Crippen LogP contribution in [0.2, 0.25) is 0 Å². The molecule has 0 radical (unpaired) electrons. The molecule has 0 bridgehead atoms. The van der Waals surface area contributed by atoms with Crippen molar-refractivity contribution >= 4 is 11.8 Å². The van der Waals surface area contributed by atoms with Crippen LogP contribution in [-0.2, 0) is 11.3 Å². The average Bonchev–Trinajstić information content (AvgIpc) is 3.28. The number of furan rings is 1. The number of hydrogen-bond acceptors (Lipinski definition) is 3. The highest BCUT2D eigenvalue weighted by Gasteiger charge is 2.47. The second kappa shape index (κ2) is 6.39. The molecule has 0 atom stereocenters. The van der Waals surface area contributed by atoms with Crippen molar-refractivity contribution < 1.29 is 14.0 Å². The van der Waals surface area contributed by atoms with Crippen molar-refractivity contribution in [3.05, 3.63) is 60.1 Å². The summed E-state index contributed by atoms with van der Waals surface area (Å²) in [4.78, 5) is 28.9. The van der Waals surface area contributed by atoms with Crippen molar-refractivity contribution in [2.75, 3.05) is 13.1 Å². The molecule has 25 heavy (non-hydrogen) atoms. The summed E-state index contributed by atoms with van der Waals surface area (Å²) in [5.41, 5.74) is 1.66. The molecule has 1 aromatic carbocycles. The Kier molecular flexibility index (Phi) is 4.07. The van der Waals surface area contributed by atoms with Crippen molar-refractivity contribution in [1.29, 1.82) is 0 Å². The van der Waals surface area contributed by atoms with Crippen LogP contribution in [0, 0.1) is 0 Å². The summed E-state index contributed by atoms with van der Waals surface area (Å²) in [5.74, 6) is 0.251. The summed E-state index contributed by atoms with van der Waals surface area (Å²) in [7, 11) is 0. The van der Waals surface area contributed by atoms with Gasteiger partial charge < -0.3 is 14.2 Å². The van der Waals surface area contributed by atoms with Crippen LogP contribution in [-0.4, -0.2) is 40.2 Å². The first kappa shape index (κ1) is 15.9. The topological polar surface area (TPSA) is 53.8 Å². The molecular weight excluding hydrogens is 316 g/mol. The van der Waals surface area contributed by atoms with E-state index in [0.717, 1.165) is 24.8 Å². The number of nitrogens with zero attached hydrogens (tertiary/aromatic N) is 2. The Balaban J connectivity index is 1.47. The van der Waals surface area contributed by atoms with Crippen LogP contribution in [0.25, 0.3) is 0 Å². The lowest BCUT2D eigenvalue weighted by molar-refractivity contribution is -0.133. The second-order valence-corrected chi connectivity index (χ2v) is 6.99. The van der Waals surface area contributed by atoms with Crippen molar-refractivity contribution in [3.63, 3.8) is 0 Å². The molecule has 2 aromatic rings. The summed E-state index contributed by atoms with van der Waals surface area (Å²) >= 11 is 0. The van der Waals surface area contributed by atoms with E-state index >= 15 is 0 Å². The third-order valence-corrected chi connectivity index (χ3v) is 5.61. The molecule has 5 nitrogen and oxygen atoms in total. The first-order chi connectivity index (χ1) is 12.2. The fourth-order valence-electron chi connectivity index (χ4n) is 4.11. The largest absolute Gasteiger partial charge is 0.472 e. The minimum absolute atomic E-state index is 0.0162. The molecule has 130 valence electrons. The Morgan fingerprint density at radius 2 is 1.84 bits per heavy atom. The number of piperidine rings is 1. The normalized spacial score (nSPS) is 19.6. The van der Waals surface area contributed by atoms with E-state index in [2.05, 4.69) is 17.0 Å². The van der Waals surface area contributed by atoms with Crippen LogP contribution in [0.5, 0.6) is 0 Å². The van der Waals surface area contributed by atoms with E-state index < -0.39 is 0 Å². The van der Waals surface area contributed by atoms with Gasteiger partial charge in [0.25, 0.3) is 5.91 Å². The van der Waals surface area contributed by atoms with Gasteiger partial charge in [0.2, 0.25) is 5.91 Å². The zero-order chi connectivity index (χ0) is 17.3. The molecular formula is C20H22N2O3. The maximum atomic E-state index is 12.5. The maximum absolute atomic E-state index is 12.5. The predicted molar refractivity (Wildman–Crippen MR) is 92.8 cm³/mol. The van der Waals surface area contributed by atoms with Gasteiger partial charge in [0.15, 0.2) is 0 Å². The highest BCUT2D eigenvalue weighted by molar-refractivity contribution is 5.94. The summed E-state index contributed by atoms with van der Waals surface area (Å²) in [5, 5.41) is 0.